The smallest absolute Gasteiger partial charge is 0.266 e. The van der Waals surface area contributed by atoms with Crippen molar-refractivity contribution in [3.05, 3.63) is 100 Å². The van der Waals surface area contributed by atoms with Gasteiger partial charge in [-0.05, 0) is 78.1 Å². The highest BCUT2D eigenvalue weighted by Crippen LogP contribution is 2.33. The molecule has 0 fully saturated rings. The van der Waals surface area contributed by atoms with Crippen molar-refractivity contribution in [3.8, 4) is 23.3 Å². The van der Waals surface area contributed by atoms with Gasteiger partial charge in [-0.3, -0.25) is 4.79 Å². The van der Waals surface area contributed by atoms with Gasteiger partial charge in [-0.1, -0.05) is 35.9 Å². The molecule has 35 heavy (non-hydrogen) atoms. The van der Waals surface area contributed by atoms with Crippen LogP contribution in [0.1, 0.15) is 22.3 Å². The maximum absolute atomic E-state index is 12.7. The number of nitriles is 1. The van der Waals surface area contributed by atoms with Crippen LogP contribution >= 0.6 is 11.6 Å². The predicted octanol–water partition coefficient (Wildman–Crippen LogP) is 6.23. The molecule has 1 heterocycles. The van der Waals surface area contributed by atoms with E-state index in [9.17, 15) is 10.1 Å². The quantitative estimate of drug-likeness (QED) is 0.232. The molecule has 4 rings (SSSR count). The van der Waals surface area contributed by atoms with E-state index in [2.05, 4.69) is 11.9 Å². The zero-order chi connectivity index (χ0) is 24.8. The number of carbonyl (C=O) groups excluding carboxylic acids is 1. The zero-order valence-electron chi connectivity index (χ0n) is 19.1. The highest BCUT2D eigenvalue weighted by molar-refractivity contribution is 6.31. The molecule has 1 N–H and O–H groups in total. The molecule has 6 nitrogen and oxygen atoms in total. The number of allylic oxidation sites excluding steroid dienone is 1. The maximum Gasteiger partial charge on any atom is 0.266 e. The van der Waals surface area contributed by atoms with Gasteiger partial charge in [0.2, 0.25) is 6.79 Å². The van der Waals surface area contributed by atoms with Gasteiger partial charge >= 0.3 is 0 Å². The van der Waals surface area contributed by atoms with Crippen LogP contribution in [-0.4, -0.2) is 12.7 Å². The molecule has 0 aromatic heterocycles. The van der Waals surface area contributed by atoms with Gasteiger partial charge < -0.3 is 19.5 Å². The van der Waals surface area contributed by atoms with Gasteiger partial charge in [0.1, 0.15) is 24.0 Å². The molecule has 7 heteroatoms. The number of fused-ring (bicyclic) bond motifs is 1. The number of halogens is 1. The molecular formula is C28H23ClN2O4. The van der Waals surface area contributed by atoms with Crippen molar-refractivity contribution in [1.29, 1.82) is 5.26 Å². The van der Waals surface area contributed by atoms with Gasteiger partial charge in [0, 0.05) is 10.7 Å². The molecule has 0 saturated heterocycles. The van der Waals surface area contributed by atoms with E-state index in [1.165, 1.54) is 0 Å². The highest BCUT2D eigenvalue weighted by atomic mass is 35.5. The first-order valence-corrected chi connectivity index (χ1v) is 11.3. The summed E-state index contributed by atoms with van der Waals surface area (Å²) in [4.78, 5) is 12.7. The summed E-state index contributed by atoms with van der Waals surface area (Å²) in [5.41, 5.74) is 3.80. The lowest BCUT2D eigenvalue weighted by atomic mass is 10.0. The lowest BCUT2D eigenvalue weighted by Gasteiger charge is -2.12. The minimum absolute atomic E-state index is 0.0250. The van der Waals surface area contributed by atoms with Crippen molar-refractivity contribution in [3.63, 3.8) is 0 Å². The number of amides is 1. The molecule has 0 unspecified atom stereocenters. The van der Waals surface area contributed by atoms with Gasteiger partial charge in [-0.15, -0.1) is 6.58 Å². The lowest BCUT2D eigenvalue weighted by Crippen LogP contribution is -2.14. The standard InChI is InChI=1S/C28H23ClN2O4/c1-3-5-21-12-19(13-22(15-30)28(32)31-24-7-4-6-23(29)18(24)2)8-10-25(21)33-16-20-9-11-26-27(14-20)35-17-34-26/h3-4,6-14H,1,5,16-17H2,2H3,(H,31,32)/b22-13-. The molecule has 0 saturated carbocycles. The SMILES string of the molecule is C=CCc1cc(/C=C(/C#N)C(=O)Nc2cccc(Cl)c2C)ccc1OCc1ccc2c(c1)OCO2. The van der Waals surface area contributed by atoms with Gasteiger partial charge in [-0.2, -0.15) is 5.26 Å². The average Bonchev–Trinajstić information content (AvgIpc) is 3.33. The molecule has 1 aliphatic heterocycles. The third kappa shape index (κ3) is 5.65. The Labute approximate surface area is 209 Å². The number of ether oxygens (including phenoxy) is 3. The van der Waals surface area contributed by atoms with Crippen molar-refractivity contribution < 1.29 is 19.0 Å². The predicted molar refractivity (Wildman–Crippen MR) is 136 cm³/mol. The molecular weight excluding hydrogens is 464 g/mol. The van der Waals surface area contributed by atoms with Crippen LogP contribution in [-0.2, 0) is 17.8 Å². The van der Waals surface area contributed by atoms with Gasteiger partial charge in [0.15, 0.2) is 11.5 Å². The van der Waals surface area contributed by atoms with Crippen LogP contribution in [0.15, 0.2) is 72.8 Å². The third-order valence-corrected chi connectivity index (χ3v) is 5.88. The Morgan fingerprint density at radius 3 is 2.83 bits per heavy atom. The van der Waals surface area contributed by atoms with Crippen molar-refractivity contribution in [2.45, 2.75) is 20.0 Å². The number of benzene rings is 3. The number of hydrogen-bond donors (Lipinski definition) is 1. The van der Waals surface area contributed by atoms with E-state index in [4.69, 9.17) is 25.8 Å². The maximum atomic E-state index is 12.7. The van der Waals surface area contributed by atoms with Crippen LogP contribution in [0.2, 0.25) is 5.02 Å². The van der Waals surface area contributed by atoms with E-state index in [1.54, 1.807) is 43.3 Å². The van der Waals surface area contributed by atoms with Crippen molar-refractivity contribution >= 4 is 29.3 Å². The van der Waals surface area contributed by atoms with Crippen LogP contribution in [0, 0.1) is 18.3 Å². The number of nitrogens with zero attached hydrogens (tertiary/aromatic N) is 1. The summed E-state index contributed by atoms with van der Waals surface area (Å²) in [6.45, 7) is 6.20. The molecule has 1 amide bonds. The number of rotatable bonds is 8. The Balaban J connectivity index is 1.51. The normalized spacial score (nSPS) is 12.1. The molecule has 0 bridgehead atoms. The van der Waals surface area contributed by atoms with Crippen LogP contribution in [0.3, 0.4) is 0 Å². The van der Waals surface area contributed by atoms with E-state index in [0.717, 1.165) is 22.4 Å². The fourth-order valence-electron chi connectivity index (χ4n) is 3.58. The summed E-state index contributed by atoms with van der Waals surface area (Å²) >= 11 is 6.13. The minimum atomic E-state index is -0.508. The van der Waals surface area contributed by atoms with Gasteiger partial charge in [0.25, 0.3) is 5.91 Å². The van der Waals surface area contributed by atoms with Crippen LogP contribution in [0.4, 0.5) is 5.69 Å². The first-order chi connectivity index (χ1) is 17.0. The average molecular weight is 487 g/mol. The molecule has 1 aliphatic rings. The number of carbonyl (C=O) groups is 1. The van der Waals surface area contributed by atoms with Crippen molar-refractivity contribution in [2.24, 2.45) is 0 Å². The summed E-state index contributed by atoms with van der Waals surface area (Å²) in [5, 5.41) is 12.9. The summed E-state index contributed by atoms with van der Waals surface area (Å²) in [6, 6.07) is 18.4. The molecule has 176 valence electrons. The minimum Gasteiger partial charge on any atom is -0.489 e. The van der Waals surface area contributed by atoms with Gasteiger partial charge in [-0.25, -0.2) is 0 Å². The van der Waals surface area contributed by atoms with E-state index in [-0.39, 0.29) is 12.4 Å². The Hall–Kier alpha value is -4.21. The second kappa shape index (κ2) is 10.8. The summed E-state index contributed by atoms with van der Waals surface area (Å²) in [6.07, 6.45) is 3.88. The molecule has 3 aromatic carbocycles. The van der Waals surface area contributed by atoms with E-state index in [0.29, 0.717) is 40.8 Å². The van der Waals surface area contributed by atoms with Crippen LogP contribution < -0.4 is 19.5 Å². The first-order valence-electron chi connectivity index (χ1n) is 10.9. The molecule has 0 atom stereocenters. The van der Waals surface area contributed by atoms with Crippen LogP contribution in [0.25, 0.3) is 6.08 Å². The number of anilines is 1. The molecule has 0 spiro atoms. The topological polar surface area (TPSA) is 80.6 Å². The largest absolute Gasteiger partial charge is 0.489 e. The second-order valence-electron chi connectivity index (χ2n) is 7.87. The third-order valence-electron chi connectivity index (χ3n) is 5.47. The highest BCUT2D eigenvalue weighted by Gasteiger charge is 2.15. The molecule has 0 radical (unpaired) electrons. The summed E-state index contributed by atoms with van der Waals surface area (Å²) in [7, 11) is 0. The van der Waals surface area contributed by atoms with E-state index < -0.39 is 5.91 Å². The Morgan fingerprint density at radius 1 is 1.20 bits per heavy atom. The van der Waals surface area contributed by atoms with Gasteiger partial charge in [0.05, 0.1) is 0 Å². The van der Waals surface area contributed by atoms with Crippen molar-refractivity contribution in [1.82, 2.24) is 0 Å². The number of nitrogens with one attached hydrogen (secondary N) is 1. The Bertz CT molecular complexity index is 1360. The zero-order valence-corrected chi connectivity index (χ0v) is 19.9. The summed E-state index contributed by atoms with van der Waals surface area (Å²) in [5.74, 6) is 1.61. The van der Waals surface area contributed by atoms with Crippen molar-refractivity contribution in [2.75, 3.05) is 12.1 Å². The number of hydrogen-bond acceptors (Lipinski definition) is 5. The first kappa shape index (κ1) is 23.9. The molecule has 0 aliphatic carbocycles. The van der Waals surface area contributed by atoms with E-state index >= 15 is 0 Å². The lowest BCUT2D eigenvalue weighted by molar-refractivity contribution is -0.112. The van der Waals surface area contributed by atoms with Crippen LogP contribution in [0.5, 0.6) is 17.2 Å². The van der Waals surface area contributed by atoms with E-state index in [1.807, 2.05) is 36.4 Å². The Morgan fingerprint density at radius 2 is 2.03 bits per heavy atom. The fraction of sp³-hybridized carbons (Fsp3) is 0.143. The Kier molecular flexibility index (Phi) is 7.39. The monoisotopic (exact) mass is 486 g/mol. The molecule has 3 aromatic rings. The fourth-order valence-corrected chi connectivity index (χ4v) is 3.76. The second-order valence-corrected chi connectivity index (χ2v) is 8.28. The summed E-state index contributed by atoms with van der Waals surface area (Å²) < 4.78 is 16.8.